The van der Waals surface area contributed by atoms with E-state index in [1.165, 1.54) is 18.2 Å². The van der Waals surface area contributed by atoms with Crippen molar-refractivity contribution < 1.29 is 28.7 Å². The lowest BCUT2D eigenvalue weighted by Gasteiger charge is -2.24. The zero-order chi connectivity index (χ0) is 27.7. The number of amides is 2. The van der Waals surface area contributed by atoms with Crippen LogP contribution in [0.5, 0.6) is 0 Å². The number of ether oxygens (including phenoxy) is 1. The summed E-state index contributed by atoms with van der Waals surface area (Å²) in [7, 11) is 0. The second-order valence-electron chi connectivity index (χ2n) is 9.85. The van der Waals surface area contributed by atoms with E-state index in [1.807, 2.05) is 0 Å². The van der Waals surface area contributed by atoms with Crippen molar-refractivity contribution in [2.75, 3.05) is 19.7 Å². The number of hydrogen-bond donors (Lipinski definition) is 3. The van der Waals surface area contributed by atoms with Gasteiger partial charge in [0.1, 0.15) is 5.54 Å². The highest BCUT2D eigenvalue weighted by atomic mass is 16.5. The Hall–Kier alpha value is -3.85. The molecule has 0 saturated heterocycles. The van der Waals surface area contributed by atoms with E-state index < -0.39 is 11.5 Å². The fourth-order valence-corrected chi connectivity index (χ4v) is 4.29. The molecule has 2 aromatic rings. The van der Waals surface area contributed by atoms with Crippen molar-refractivity contribution >= 4 is 29.4 Å². The third-order valence-corrected chi connectivity index (χ3v) is 6.46. The fraction of sp³-hybridized carbons (Fsp3) is 0.414. The zero-order valence-electron chi connectivity index (χ0n) is 21.9. The Bertz CT molecular complexity index is 1220. The molecule has 0 aliphatic heterocycles. The summed E-state index contributed by atoms with van der Waals surface area (Å²) in [4.78, 5) is 61.6. The van der Waals surface area contributed by atoms with Crippen LogP contribution in [0, 0.1) is 0 Å². The predicted molar refractivity (Wildman–Crippen MR) is 142 cm³/mol. The molecule has 202 valence electrons. The van der Waals surface area contributed by atoms with Crippen LogP contribution in [0.25, 0.3) is 0 Å². The van der Waals surface area contributed by atoms with Gasteiger partial charge in [-0.25, -0.2) is 4.79 Å². The smallest absolute Gasteiger partial charge is 0.338 e. The number of nitrogens with two attached hydrogens (primary N) is 1. The number of rotatable bonds is 13. The van der Waals surface area contributed by atoms with Crippen LogP contribution in [0.15, 0.2) is 42.5 Å². The third kappa shape index (κ3) is 7.13. The molecule has 0 bridgehead atoms. The van der Waals surface area contributed by atoms with Crippen molar-refractivity contribution in [2.45, 2.75) is 57.9 Å². The average molecular weight is 522 g/mol. The molecule has 1 aliphatic rings. The summed E-state index contributed by atoms with van der Waals surface area (Å²) < 4.78 is 5.37. The van der Waals surface area contributed by atoms with E-state index in [4.69, 9.17) is 10.5 Å². The molecule has 2 aromatic carbocycles. The largest absolute Gasteiger partial charge is 0.462 e. The maximum atomic E-state index is 12.8. The number of benzene rings is 2. The summed E-state index contributed by atoms with van der Waals surface area (Å²) in [6, 6.07) is 11.2. The summed E-state index contributed by atoms with van der Waals surface area (Å²) >= 11 is 0. The van der Waals surface area contributed by atoms with Gasteiger partial charge in [0.15, 0.2) is 11.6 Å². The van der Waals surface area contributed by atoms with Gasteiger partial charge < -0.3 is 21.1 Å². The standard InChI is InChI=1S/C29H35N3O6/c1-29(2,32-24(33)18-30)28(37)31-15-9-5-3-4-6-10-16-38-27(36)19-13-14-22-23(17-19)26(35)21-12-8-7-11-20(21)25(22)34/h7-8,11-14,17H,3-6,9-10,15-16,18,30H2,1-2H3,(H,31,37)(H,32,33). The lowest BCUT2D eigenvalue weighted by molar-refractivity contribution is -0.131. The number of nitrogens with one attached hydrogen (secondary N) is 2. The number of hydrogen-bond acceptors (Lipinski definition) is 7. The van der Waals surface area contributed by atoms with Crippen molar-refractivity contribution in [3.8, 4) is 0 Å². The van der Waals surface area contributed by atoms with Crippen molar-refractivity contribution in [1.29, 1.82) is 0 Å². The van der Waals surface area contributed by atoms with E-state index in [0.717, 1.165) is 32.1 Å². The van der Waals surface area contributed by atoms with Gasteiger partial charge in [0.25, 0.3) is 0 Å². The minimum absolute atomic E-state index is 0.164. The first-order valence-corrected chi connectivity index (χ1v) is 12.9. The molecule has 0 fully saturated rings. The lowest BCUT2D eigenvalue weighted by Crippen LogP contribution is -2.56. The van der Waals surface area contributed by atoms with Crippen molar-refractivity contribution in [3.05, 3.63) is 70.3 Å². The Balaban J connectivity index is 1.31. The molecule has 0 unspecified atom stereocenters. The number of carbonyl (C=O) groups excluding carboxylic acids is 5. The highest BCUT2D eigenvalue weighted by Crippen LogP contribution is 2.28. The van der Waals surface area contributed by atoms with Crippen LogP contribution in [0.2, 0.25) is 0 Å². The maximum absolute atomic E-state index is 12.8. The molecule has 38 heavy (non-hydrogen) atoms. The summed E-state index contributed by atoms with van der Waals surface area (Å²) in [6.07, 6.45) is 5.34. The van der Waals surface area contributed by atoms with E-state index in [-0.39, 0.29) is 47.7 Å². The Morgan fingerprint density at radius 1 is 0.816 bits per heavy atom. The molecule has 0 spiro atoms. The van der Waals surface area contributed by atoms with Crippen LogP contribution in [-0.4, -0.2) is 54.6 Å². The summed E-state index contributed by atoms with van der Waals surface area (Å²) in [6.45, 7) is 3.90. The predicted octanol–water partition coefficient (Wildman–Crippen LogP) is 2.93. The van der Waals surface area contributed by atoms with Crippen LogP contribution >= 0.6 is 0 Å². The molecule has 0 heterocycles. The molecule has 0 radical (unpaired) electrons. The Morgan fingerprint density at radius 3 is 2.05 bits per heavy atom. The quantitative estimate of drug-likeness (QED) is 0.232. The molecule has 2 amide bonds. The van der Waals surface area contributed by atoms with Crippen LogP contribution in [0.3, 0.4) is 0 Å². The Labute approximate surface area is 222 Å². The van der Waals surface area contributed by atoms with Gasteiger partial charge in [0.2, 0.25) is 11.8 Å². The minimum Gasteiger partial charge on any atom is -0.462 e. The summed E-state index contributed by atoms with van der Waals surface area (Å²) in [5.41, 5.74) is 5.76. The van der Waals surface area contributed by atoms with Crippen LogP contribution < -0.4 is 16.4 Å². The van der Waals surface area contributed by atoms with Gasteiger partial charge in [-0.15, -0.1) is 0 Å². The van der Waals surface area contributed by atoms with Gasteiger partial charge in [-0.05, 0) is 44.9 Å². The van der Waals surface area contributed by atoms with Gasteiger partial charge in [-0.3, -0.25) is 19.2 Å². The second-order valence-corrected chi connectivity index (χ2v) is 9.85. The van der Waals surface area contributed by atoms with E-state index in [0.29, 0.717) is 29.7 Å². The van der Waals surface area contributed by atoms with Gasteiger partial charge in [0, 0.05) is 28.8 Å². The fourth-order valence-electron chi connectivity index (χ4n) is 4.29. The first-order valence-electron chi connectivity index (χ1n) is 12.9. The highest BCUT2D eigenvalue weighted by Gasteiger charge is 2.30. The molecule has 0 atom stereocenters. The number of carbonyl (C=O) groups is 5. The van der Waals surface area contributed by atoms with Crippen molar-refractivity contribution in [3.63, 3.8) is 0 Å². The van der Waals surface area contributed by atoms with Crippen molar-refractivity contribution in [1.82, 2.24) is 10.6 Å². The monoisotopic (exact) mass is 521 g/mol. The molecule has 1 aliphatic carbocycles. The number of fused-ring (bicyclic) bond motifs is 2. The van der Waals surface area contributed by atoms with Gasteiger partial charge >= 0.3 is 5.97 Å². The molecule has 4 N–H and O–H groups in total. The van der Waals surface area contributed by atoms with Crippen molar-refractivity contribution in [2.24, 2.45) is 5.73 Å². The Kier molecular flexibility index (Phi) is 9.90. The van der Waals surface area contributed by atoms with Crippen LogP contribution in [0.1, 0.15) is 94.6 Å². The summed E-state index contributed by atoms with van der Waals surface area (Å²) in [5.74, 6) is -1.64. The maximum Gasteiger partial charge on any atom is 0.338 e. The molecule has 0 saturated carbocycles. The highest BCUT2D eigenvalue weighted by molar-refractivity contribution is 6.28. The molecule has 0 aromatic heterocycles. The van der Waals surface area contributed by atoms with Gasteiger partial charge in [0.05, 0.1) is 18.7 Å². The normalized spacial score (nSPS) is 12.4. The van der Waals surface area contributed by atoms with Gasteiger partial charge in [-0.1, -0.05) is 49.9 Å². The van der Waals surface area contributed by atoms with E-state index in [1.54, 1.807) is 38.1 Å². The molecular weight excluding hydrogens is 486 g/mol. The third-order valence-electron chi connectivity index (χ3n) is 6.46. The molecule has 3 rings (SSSR count). The summed E-state index contributed by atoms with van der Waals surface area (Å²) in [5, 5.41) is 5.41. The van der Waals surface area contributed by atoms with E-state index in [9.17, 15) is 24.0 Å². The zero-order valence-corrected chi connectivity index (χ0v) is 21.9. The molecule has 9 heteroatoms. The molecule has 9 nitrogen and oxygen atoms in total. The first-order chi connectivity index (χ1) is 18.2. The minimum atomic E-state index is -1.01. The molecular formula is C29H35N3O6. The first kappa shape index (κ1) is 28.7. The van der Waals surface area contributed by atoms with Gasteiger partial charge in [-0.2, -0.15) is 0 Å². The van der Waals surface area contributed by atoms with E-state index in [2.05, 4.69) is 10.6 Å². The van der Waals surface area contributed by atoms with Crippen LogP contribution in [0.4, 0.5) is 0 Å². The number of ketones is 2. The number of unbranched alkanes of at least 4 members (excludes halogenated alkanes) is 5. The van der Waals surface area contributed by atoms with Crippen LogP contribution in [-0.2, 0) is 14.3 Å². The second kappa shape index (κ2) is 13.1. The Morgan fingerprint density at radius 2 is 1.39 bits per heavy atom. The average Bonchev–Trinajstić information content (AvgIpc) is 2.91. The number of esters is 1. The topological polar surface area (TPSA) is 145 Å². The lowest BCUT2D eigenvalue weighted by atomic mass is 9.83. The SMILES string of the molecule is CC(C)(NC(=O)CN)C(=O)NCCCCCCCCOC(=O)c1ccc2c(c1)C(=O)c1ccccc1C2=O. The van der Waals surface area contributed by atoms with E-state index >= 15 is 0 Å².